The van der Waals surface area contributed by atoms with Crippen LogP contribution in [0.2, 0.25) is 0 Å². The Morgan fingerprint density at radius 2 is 1.95 bits per heavy atom. The summed E-state index contributed by atoms with van der Waals surface area (Å²) < 4.78 is 0. The number of carboxylic acid groups (broad SMARTS) is 1. The highest BCUT2D eigenvalue weighted by atomic mass is 16.4. The average Bonchev–Trinajstić information content (AvgIpc) is 2.49. The minimum atomic E-state index is -1.08. The fourth-order valence-corrected chi connectivity index (χ4v) is 1.83. The highest BCUT2D eigenvalue weighted by Gasteiger charge is 2.11. The van der Waals surface area contributed by atoms with Gasteiger partial charge in [0.2, 0.25) is 0 Å². The van der Waals surface area contributed by atoms with E-state index in [-0.39, 0.29) is 17.2 Å². The van der Waals surface area contributed by atoms with Crippen LogP contribution in [0, 0.1) is 0 Å². The van der Waals surface area contributed by atoms with Crippen LogP contribution in [0.25, 0.3) is 0 Å². The Balaban J connectivity index is 2.16. The number of anilines is 1. The van der Waals surface area contributed by atoms with Crippen LogP contribution in [0.4, 0.5) is 5.69 Å². The Hall–Kier alpha value is -2.73. The van der Waals surface area contributed by atoms with E-state index in [2.05, 4.69) is 15.6 Å². The van der Waals surface area contributed by atoms with Gasteiger partial charge in [-0.2, -0.15) is 0 Å². The lowest BCUT2D eigenvalue weighted by atomic mass is 10.1. The average molecular weight is 285 g/mol. The molecule has 0 aliphatic heterocycles. The molecule has 108 valence electrons. The van der Waals surface area contributed by atoms with Crippen LogP contribution in [0.15, 0.2) is 42.6 Å². The van der Waals surface area contributed by atoms with Gasteiger partial charge in [-0.05, 0) is 30.8 Å². The fourth-order valence-electron chi connectivity index (χ4n) is 1.83. The van der Waals surface area contributed by atoms with Crippen molar-refractivity contribution in [2.45, 2.75) is 6.54 Å². The van der Waals surface area contributed by atoms with Gasteiger partial charge in [-0.25, -0.2) is 4.79 Å². The number of nitrogens with zero attached hydrogens (tertiary/aromatic N) is 1. The molecule has 0 bridgehead atoms. The smallest absolute Gasteiger partial charge is 0.337 e. The number of carbonyl (C=O) groups excluding carboxylic acids is 1. The van der Waals surface area contributed by atoms with Crippen molar-refractivity contribution in [3.05, 3.63) is 59.4 Å². The van der Waals surface area contributed by atoms with Crippen LogP contribution in [-0.4, -0.2) is 29.0 Å². The van der Waals surface area contributed by atoms with Crippen molar-refractivity contribution in [2.75, 3.05) is 12.4 Å². The number of aromatic nitrogens is 1. The van der Waals surface area contributed by atoms with Gasteiger partial charge in [0.25, 0.3) is 5.91 Å². The zero-order valence-electron chi connectivity index (χ0n) is 11.5. The topological polar surface area (TPSA) is 91.3 Å². The maximum Gasteiger partial charge on any atom is 0.337 e. The summed E-state index contributed by atoms with van der Waals surface area (Å²) in [5.41, 5.74) is 1.86. The van der Waals surface area contributed by atoms with Crippen LogP contribution >= 0.6 is 0 Å². The molecule has 21 heavy (non-hydrogen) atoms. The third-order valence-electron chi connectivity index (χ3n) is 2.88. The number of carbonyl (C=O) groups is 2. The second-order valence-electron chi connectivity index (χ2n) is 4.38. The van der Waals surface area contributed by atoms with E-state index in [9.17, 15) is 9.59 Å². The summed E-state index contributed by atoms with van der Waals surface area (Å²) in [5, 5.41) is 14.6. The third kappa shape index (κ3) is 3.64. The first-order valence-electron chi connectivity index (χ1n) is 6.35. The molecular weight excluding hydrogens is 270 g/mol. The number of amides is 1. The highest BCUT2D eigenvalue weighted by molar-refractivity contribution is 6.03. The molecule has 0 atom stereocenters. The van der Waals surface area contributed by atoms with Gasteiger partial charge in [-0.15, -0.1) is 0 Å². The van der Waals surface area contributed by atoms with Gasteiger partial charge >= 0.3 is 5.97 Å². The second kappa shape index (κ2) is 6.62. The first-order valence-corrected chi connectivity index (χ1v) is 6.35. The third-order valence-corrected chi connectivity index (χ3v) is 2.88. The van der Waals surface area contributed by atoms with Crippen LogP contribution in [-0.2, 0) is 6.54 Å². The lowest BCUT2D eigenvalue weighted by molar-refractivity contribution is 0.0696. The minimum Gasteiger partial charge on any atom is -0.478 e. The van der Waals surface area contributed by atoms with Gasteiger partial charge in [-0.1, -0.05) is 18.2 Å². The molecule has 1 aromatic heterocycles. The summed E-state index contributed by atoms with van der Waals surface area (Å²) in [5.74, 6) is -1.45. The van der Waals surface area contributed by atoms with Crippen LogP contribution in [0.3, 0.4) is 0 Å². The summed E-state index contributed by atoms with van der Waals surface area (Å²) in [7, 11) is 1.82. The van der Waals surface area contributed by atoms with Crippen molar-refractivity contribution in [3.8, 4) is 0 Å². The van der Waals surface area contributed by atoms with E-state index < -0.39 is 5.97 Å². The zero-order chi connectivity index (χ0) is 15.2. The van der Waals surface area contributed by atoms with E-state index in [4.69, 9.17) is 5.11 Å². The van der Waals surface area contributed by atoms with Crippen LogP contribution in [0.1, 0.15) is 26.4 Å². The summed E-state index contributed by atoms with van der Waals surface area (Å²) in [6.45, 7) is 0.627. The standard InChI is InChI=1S/C15H15N3O3/c1-16-8-10-4-2-3-5-12(10)18-14(19)13-7-6-11(9-17-13)15(20)21/h2-7,9,16H,8H2,1H3,(H,18,19)(H,20,21). The maximum absolute atomic E-state index is 12.1. The summed E-state index contributed by atoms with van der Waals surface area (Å²) in [6.07, 6.45) is 1.16. The number of benzene rings is 1. The minimum absolute atomic E-state index is 0.0436. The largest absolute Gasteiger partial charge is 0.478 e. The van der Waals surface area contributed by atoms with Gasteiger partial charge < -0.3 is 15.7 Å². The molecule has 6 heteroatoms. The van der Waals surface area contributed by atoms with Crippen molar-refractivity contribution in [1.82, 2.24) is 10.3 Å². The van der Waals surface area contributed by atoms with Gasteiger partial charge in [0.1, 0.15) is 5.69 Å². The normalized spacial score (nSPS) is 10.1. The molecule has 1 aromatic carbocycles. The van der Waals surface area contributed by atoms with Crippen LogP contribution < -0.4 is 10.6 Å². The lowest BCUT2D eigenvalue weighted by Crippen LogP contribution is -2.16. The molecular formula is C15H15N3O3. The molecule has 0 saturated carbocycles. The number of pyridine rings is 1. The number of para-hydroxylation sites is 1. The van der Waals surface area contributed by atoms with E-state index in [1.807, 2.05) is 25.2 Å². The SMILES string of the molecule is CNCc1ccccc1NC(=O)c1ccc(C(=O)O)cn1. The van der Waals surface area contributed by atoms with E-state index in [1.165, 1.54) is 12.1 Å². The van der Waals surface area contributed by atoms with E-state index in [0.29, 0.717) is 12.2 Å². The van der Waals surface area contributed by atoms with Gasteiger partial charge in [0, 0.05) is 18.4 Å². The highest BCUT2D eigenvalue weighted by Crippen LogP contribution is 2.15. The Bertz CT molecular complexity index is 653. The zero-order valence-corrected chi connectivity index (χ0v) is 11.5. The Morgan fingerprint density at radius 1 is 1.19 bits per heavy atom. The molecule has 6 nitrogen and oxygen atoms in total. The van der Waals surface area contributed by atoms with Crippen molar-refractivity contribution in [2.24, 2.45) is 0 Å². The predicted molar refractivity (Wildman–Crippen MR) is 78.4 cm³/mol. The molecule has 0 saturated heterocycles. The van der Waals surface area contributed by atoms with E-state index in [1.54, 1.807) is 6.07 Å². The fraction of sp³-hybridized carbons (Fsp3) is 0.133. The quantitative estimate of drug-likeness (QED) is 0.778. The Kier molecular flexibility index (Phi) is 4.63. The molecule has 0 fully saturated rings. The second-order valence-corrected chi connectivity index (χ2v) is 4.38. The number of carboxylic acids is 1. The molecule has 1 amide bonds. The summed E-state index contributed by atoms with van der Waals surface area (Å²) in [6, 6.07) is 10.2. The molecule has 1 heterocycles. The Morgan fingerprint density at radius 3 is 2.57 bits per heavy atom. The van der Waals surface area contributed by atoms with E-state index >= 15 is 0 Å². The first-order chi connectivity index (χ1) is 10.1. The van der Waals surface area contributed by atoms with Gasteiger partial charge in [0.15, 0.2) is 0 Å². The predicted octanol–water partition coefficient (Wildman–Crippen LogP) is 1.75. The van der Waals surface area contributed by atoms with Gasteiger partial charge in [0.05, 0.1) is 5.56 Å². The maximum atomic E-state index is 12.1. The molecule has 3 N–H and O–H groups in total. The van der Waals surface area contributed by atoms with E-state index in [0.717, 1.165) is 11.8 Å². The molecule has 0 radical (unpaired) electrons. The van der Waals surface area contributed by atoms with Crippen molar-refractivity contribution in [1.29, 1.82) is 0 Å². The molecule has 0 aliphatic carbocycles. The number of hydrogen-bond donors (Lipinski definition) is 3. The Labute approximate surface area is 121 Å². The molecule has 0 unspecified atom stereocenters. The number of aromatic carboxylic acids is 1. The summed E-state index contributed by atoms with van der Waals surface area (Å²) in [4.78, 5) is 26.7. The molecule has 0 aliphatic rings. The molecule has 2 rings (SSSR count). The van der Waals surface area contributed by atoms with Crippen molar-refractivity contribution in [3.63, 3.8) is 0 Å². The number of nitrogens with one attached hydrogen (secondary N) is 2. The number of rotatable bonds is 5. The number of hydrogen-bond acceptors (Lipinski definition) is 4. The molecule has 0 spiro atoms. The van der Waals surface area contributed by atoms with Crippen molar-refractivity contribution >= 4 is 17.6 Å². The monoisotopic (exact) mass is 285 g/mol. The summed E-state index contributed by atoms with van der Waals surface area (Å²) >= 11 is 0. The first kappa shape index (κ1) is 14.7. The van der Waals surface area contributed by atoms with Crippen LogP contribution in [0.5, 0.6) is 0 Å². The van der Waals surface area contributed by atoms with Crippen molar-refractivity contribution < 1.29 is 14.7 Å². The lowest BCUT2D eigenvalue weighted by Gasteiger charge is -2.10. The molecule has 2 aromatic rings. The van der Waals surface area contributed by atoms with Gasteiger partial charge in [-0.3, -0.25) is 9.78 Å².